The van der Waals surface area contributed by atoms with E-state index in [2.05, 4.69) is 10.4 Å². The van der Waals surface area contributed by atoms with Crippen molar-refractivity contribution >= 4 is 46.5 Å². The minimum absolute atomic E-state index is 0.0302. The third-order valence-corrected chi connectivity index (χ3v) is 2.79. The predicted molar refractivity (Wildman–Crippen MR) is 69.8 cm³/mol. The third kappa shape index (κ3) is 2.63. The number of nitrogens with zero attached hydrogens (tertiary/aromatic N) is 2. The molecule has 1 aromatic carbocycles. The zero-order valence-electron chi connectivity index (χ0n) is 9.41. The van der Waals surface area contributed by atoms with Crippen LogP contribution in [0.1, 0.15) is 13.3 Å². The molecule has 2 rings (SSSR count). The van der Waals surface area contributed by atoms with E-state index in [0.717, 1.165) is 5.01 Å². The lowest BCUT2D eigenvalue weighted by molar-refractivity contribution is -0.117. The number of hydrogen-bond donors (Lipinski definition) is 1. The van der Waals surface area contributed by atoms with Gasteiger partial charge in [0.15, 0.2) is 0 Å². The molecular formula is C11H9Cl2N3O2. The molecular weight excluding hydrogens is 277 g/mol. The Kier molecular flexibility index (Phi) is 3.54. The number of rotatable bonds is 1. The fourth-order valence-corrected chi connectivity index (χ4v) is 1.90. The van der Waals surface area contributed by atoms with Crippen LogP contribution in [0.25, 0.3) is 0 Å². The molecule has 1 aromatic rings. The van der Waals surface area contributed by atoms with Gasteiger partial charge >= 0.3 is 0 Å². The number of nitrogens with one attached hydrogen (secondary N) is 1. The summed E-state index contributed by atoms with van der Waals surface area (Å²) in [6, 6.07) is 4.74. The smallest absolute Gasteiger partial charge is 0.255 e. The second-order valence-corrected chi connectivity index (χ2v) is 4.55. The number of amidine groups is 1. The van der Waals surface area contributed by atoms with Crippen LogP contribution in [0.4, 0.5) is 5.69 Å². The van der Waals surface area contributed by atoms with Crippen molar-refractivity contribution in [1.29, 1.82) is 0 Å². The zero-order chi connectivity index (χ0) is 13.3. The molecule has 0 atom stereocenters. The van der Waals surface area contributed by atoms with Crippen LogP contribution in [0.15, 0.2) is 23.3 Å². The van der Waals surface area contributed by atoms with Crippen molar-refractivity contribution in [1.82, 2.24) is 5.32 Å². The van der Waals surface area contributed by atoms with Crippen LogP contribution in [0, 0.1) is 0 Å². The van der Waals surface area contributed by atoms with Gasteiger partial charge in [-0.05, 0) is 18.2 Å². The van der Waals surface area contributed by atoms with Crippen LogP contribution < -0.4 is 10.3 Å². The summed E-state index contributed by atoms with van der Waals surface area (Å²) < 4.78 is 0. The second kappa shape index (κ2) is 4.96. The van der Waals surface area contributed by atoms with E-state index in [1.54, 1.807) is 18.2 Å². The Morgan fingerprint density at radius 1 is 1.44 bits per heavy atom. The molecule has 7 heteroatoms. The largest absolute Gasteiger partial charge is 0.313 e. The summed E-state index contributed by atoms with van der Waals surface area (Å²) >= 11 is 11.8. The normalized spacial score (nSPS) is 14.7. The summed E-state index contributed by atoms with van der Waals surface area (Å²) in [4.78, 5) is 22.7. The van der Waals surface area contributed by atoms with Crippen LogP contribution in [-0.2, 0) is 9.59 Å². The van der Waals surface area contributed by atoms with Crippen LogP contribution >= 0.6 is 23.2 Å². The molecule has 18 heavy (non-hydrogen) atoms. The highest BCUT2D eigenvalue weighted by atomic mass is 35.5. The average molecular weight is 286 g/mol. The lowest BCUT2D eigenvalue weighted by atomic mass is 10.3. The van der Waals surface area contributed by atoms with E-state index in [0.29, 0.717) is 21.6 Å². The van der Waals surface area contributed by atoms with Crippen LogP contribution in [0.3, 0.4) is 0 Å². The van der Waals surface area contributed by atoms with Crippen molar-refractivity contribution < 1.29 is 9.59 Å². The molecule has 0 aromatic heterocycles. The molecule has 1 heterocycles. The first-order chi connectivity index (χ1) is 8.47. The number of anilines is 1. The summed E-state index contributed by atoms with van der Waals surface area (Å²) in [5, 5.41) is 8.43. The predicted octanol–water partition coefficient (Wildman–Crippen LogP) is 2.18. The van der Waals surface area contributed by atoms with Gasteiger partial charge in [-0.3, -0.25) is 9.59 Å². The molecule has 0 saturated carbocycles. The molecule has 0 fully saturated rings. The first-order valence-corrected chi connectivity index (χ1v) is 5.86. The number of hydrazone groups is 1. The lowest BCUT2D eigenvalue weighted by Crippen LogP contribution is -2.27. The first-order valence-electron chi connectivity index (χ1n) is 5.10. The fourth-order valence-electron chi connectivity index (χ4n) is 1.54. The molecule has 1 aliphatic rings. The first kappa shape index (κ1) is 12.9. The Morgan fingerprint density at radius 3 is 2.83 bits per heavy atom. The molecule has 0 aliphatic carbocycles. The van der Waals surface area contributed by atoms with Gasteiger partial charge in [0.1, 0.15) is 5.84 Å². The van der Waals surface area contributed by atoms with Gasteiger partial charge in [-0.1, -0.05) is 23.2 Å². The van der Waals surface area contributed by atoms with Crippen molar-refractivity contribution in [2.45, 2.75) is 13.3 Å². The maximum absolute atomic E-state index is 11.8. The van der Waals surface area contributed by atoms with E-state index < -0.39 is 0 Å². The van der Waals surface area contributed by atoms with E-state index in [1.807, 2.05) is 0 Å². The minimum Gasteiger partial charge on any atom is -0.313 e. The van der Waals surface area contributed by atoms with Crippen molar-refractivity contribution in [3.05, 3.63) is 28.2 Å². The number of carbonyl (C=O) groups is 2. The Labute approximate surface area is 113 Å². The topological polar surface area (TPSA) is 61.8 Å². The lowest BCUT2D eigenvalue weighted by Gasteiger charge is -2.13. The summed E-state index contributed by atoms with van der Waals surface area (Å²) in [6.45, 7) is 1.35. The fraction of sp³-hybridized carbons (Fsp3) is 0.182. The molecule has 0 unspecified atom stereocenters. The molecule has 0 saturated heterocycles. The van der Waals surface area contributed by atoms with Crippen molar-refractivity contribution in [2.75, 3.05) is 5.01 Å². The molecule has 0 bridgehead atoms. The maximum atomic E-state index is 11.8. The minimum atomic E-state index is -0.277. The van der Waals surface area contributed by atoms with Crippen LogP contribution in [0.5, 0.6) is 0 Å². The van der Waals surface area contributed by atoms with Gasteiger partial charge in [0.25, 0.3) is 5.91 Å². The Morgan fingerprint density at radius 2 is 2.17 bits per heavy atom. The Balaban J connectivity index is 2.33. The summed E-state index contributed by atoms with van der Waals surface area (Å²) in [5.41, 5.74) is 0.398. The van der Waals surface area contributed by atoms with Gasteiger partial charge in [-0.2, -0.15) is 10.1 Å². The molecule has 0 radical (unpaired) electrons. The number of hydrogen-bond acceptors (Lipinski definition) is 3. The molecule has 1 N–H and O–H groups in total. The summed E-state index contributed by atoms with van der Waals surface area (Å²) in [6.07, 6.45) is 0.0302. The number of benzene rings is 1. The van der Waals surface area contributed by atoms with E-state index in [1.165, 1.54) is 6.92 Å². The third-order valence-electron chi connectivity index (χ3n) is 2.23. The van der Waals surface area contributed by atoms with Crippen LogP contribution in [0.2, 0.25) is 10.0 Å². The molecule has 0 spiro atoms. The standard InChI is InChI=1S/C11H9Cl2N3O2/c1-6(17)14-10-5-11(18)16(15-10)9-4-7(12)2-3-8(9)13/h2-4H,5H2,1H3,(H,14,15,17). The van der Waals surface area contributed by atoms with Gasteiger partial charge in [0.2, 0.25) is 5.91 Å². The van der Waals surface area contributed by atoms with Crippen molar-refractivity contribution in [3.63, 3.8) is 0 Å². The number of amides is 2. The highest BCUT2D eigenvalue weighted by molar-refractivity contribution is 6.36. The molecule has 1 aliphatic heterocycles. The average Bonchev–Trinajstić information content (AvgIpc) is 2.62. The zero-order valence-corrected chi connectivity index (χ0v) is 10.9. The quantitative estimate of drug-likeness (QED) is 0.860. The van der Waals surface area contributed by atoms with E-state index >= 15 is 0 Å². The Hall–Kier alpha value is -1.59. The van der Waals surface area contributed by atoms with Crippen molar-refractivity contribution in [3.8, 4) is 0 Å². The highest BCUT2D eigenvalue weighted by Crippen LogP contribution is 2.31. The number of halogens is 2. The summed E-state index contributed by atoms with van der Waals surface area (Å²) in [5.74, 6) is -0.257. The Bertz CT molecular complexity index is 557. The highest BCUT2D eigenvalue weighted by Gasteiger charge is 2.27. The number of carbonyl (C=O) groups excluding carboxylic acids is 2. The summed E-state index contributed by atoms with van der Waals surface area (Å²) in [7, 11) is 0. The van der Waals surface area contributed by atoms with Gasteiger partial charge in [0, 0.05) is 11.9 Å². The molecule has 5 nitrogen and oxygen atoms in total. The van der Waals surface area contributed by atoms with Gasteiger partial charge in [-0.15, -0.1) is 0 Å². The van der Waals surface area contributed by atoms with E-state index in [9.17, 15) is 9.59 Å². The maximum Gasteiger partial charge on any atom is 0.255 e. The van der Waals surface area contributed by atoms with Gasteiger partial charge in [-0.25, -0.2) is 0 Å². The second-order valence-electron chi connectivity index (χ2n) is 3.71. The monoisotopic (exact) mass is 285 g/mol. The molecule has 94 valence electrons. The van der Waals surface area contributed by atoms with Gasteiger partial charge in [0.05, 0.1) is 17.1 Å². The van der Waals surface area contributed by atoms with Crippen molar-refractivity contribution in [2.24, 2.45) is 5.10 Å². The van der Waals surface area contributed by atoms with E-state index in [4.69, 9.17) is 23.2 Å². The van der Waals surface area contributed by atoms with E-state index in [-0.39, 0.29) is 18.2 Å². The SMILES string of the molecule is CC(=O)NC1=NN(c2cc(Cl)ccc2Cl)C(=O)C1. The molecule has 2 amide bonds. The van der Waals surface area contributed by atoms with Gasteiger partial charge < -0.3 is 5.32 Å². The van der Waals surface area contributed by atoms with Crippen LogP contribution in [-0.4, -0.2) is 17.6 Å².